The molecule has 2 fully saturated rings. The van der Waals surface area contributed by atoms with Crippen molar-refractivity contribution in [2.45, 2.75) is 45.6 Å². The average Bonchev–Trinajstić information content (AvgIpc) is 2.53. The molecule has 2 aliphatic rings. The third kappa shape index (κ3) is 4.60. The maximum atomic E-state index is 12.2. The van der Waals surface area contributed by atoms with Crippen LogP contribution in [0, 0.1) is 17.8 Å². The first-order valence-electron chi connectivity index (χ1n) is 8.34. The van der Waals surface area contributed by atoms with E-state index in [2.05, 4.69) is 19.2 Å². The second kappa shape index (κ2) is 7.81. The Balaban J connectivity index is 1.71. The van der Waals surface area contributed by atoms with Gasteiger partial charge in [-0.05, 0) is 37.5 Å². The molecule has 2 rings (SSSR count). The van der Waals surface area contributed by atoms with Crippen LogP contribution < -0.4 is 5.32 Å². The molecule has 2 saturated heterocycles. The number of piperidine rings is 1. The summed E-state index contributed by atoms with van der Waals surface area (Å²) in [7, 11) is 0. The first kappa shape index (κ1) is 17.1. The third-order valence-corrected chi connectivity index (χ3v) is 4.84. The third-order valence-electron chi connectivity index (χ3n) is 4.84. The van der Waals surface area contributed by atoms with Crippen molar-refractivity contribution >= 4 is 12.0 Å². The van der Waals surface area contributed by atoms with Gasteiger partial charge >= 0.3 is 12.0 Å². The maximum Gasteiger partial charge on any atom is 0.317 e. The van der Waals surface area contributed by atoms with Crippen LogP contribution in [0.4, 0.5) is 4.79 Å². The van der Waals surface area contributed by atoms with E-state index in [9.17, 15) is 9.59 Å². The van der Waals surface area contributed by atoms with Gasteiger partial charge in [-0.1, -0.05) is 13.8 Å². The van der Waals surface area contributed by atoms with Gasteiger partial charge in [0.05, 0.1) is 12.0 Å². The second-order valence-corrected chi connectivity index (χ2v) is 6.83. The van der Waals surface area contributed by atoms with E-state index in [0.29, 0.717) is 50.4 Å². The van der Waals surface area contributed by atoms with Crippen LogP contribution in [-0.2, 0) is 9.53 Å². The lowest BCUT2D eigenvalue weighted by Gasteiger charge is -2.33. The summed E-state index contributed by atoms with van der Waals surface area (Å²) >= 11 is 0. The van der Waals surface area contributed by atoms with Crippen molar-refractivity contribution in [3.8, 4) is 0 Å². The zero-order chi connectivity index (χ0) is 16.1. The normalized spacial score (nSPS) is 27.0. The molecule has 0 radical (unpaired) electrons. The Morgan fingerprint density at radius 2 is 1.95 bits per heavy atom. The summed E-state index contributed by atoms with van der Waals surface area (Å²) in [5.41, 5.74) is 0. The highest BCUT2D eigenvalue weighted by Gasteiger charge is 2.28. The molecule has 0 bridgehead atoms. The number of aliphatic carboxylic acids is 1. The Kier molecular flexibility index (Phi) is 6.06. The molecule has 22 heavy (non-hydrogen) atoms. The van der Waals surface area contributed by atoms with Gasteiger partial charge in [-0.2, -0.15) is 0 Å². The number of hydrogen-bond acceptors (Lipinski definition) is 3. The Morgan fingerprint density at radius 1 is 1.27 bits per heavy atom. The number of rotatable bonds is 4. The van der Waals surface area contributed by atoms with Gasteiger partial charge in [0.1, 0.15) is 0 Å². The van der Waals surface area contributed by atoms with Gasteiger partial charge < -0.3 is 20.1 Å². The van der Waals surface area contributed by atoms with E-state index < -0.39 is 5.97 Å². The van der Waals surface area contributed by atoms with Crippen molar-refractivity contribution in [3.05, 3.63) is 0 Å². The van der Waals surface area contributed by atoms with Gasteiger partial charge in [0.15, 0.2) is 0 Å². The number of likely N-dealkylation sites (tertiary alicyclic amines) is 1. The first-order valence-corrected chi connectivity index (χ1v) is 8.34. The summed E-state index contributed by atoms with van der Waals surface area (Å²) in [5, 5.41) is 12.0. The second-order valence-electron chi connectivity index (χ2n) is 6.83. The maximum absolute atomic E-state index is 12.2. The first-order chi connectivity index (χ1) is 10.5. The Hall–Kier alpha value is -1.30. The summed E-state index contributed by atoms with van der Waals surface area (Å²) < 4.78 is 5.75. The highest BCUT2D eigenvalue weighted by Crippen LogP contribution is 2.24. The molecule has 2 N–H and O–H groups in total. The number of amides is 2. The lowest BCUT2D eigenvalue weighted by atomic mass is 9.90. The molecule has 0 aromatic heterocycles. The van der Waals surface area contributed by atoms with Crippen LogP contribution in [0.25, 0.3) is 0 Å². The number of hydrogen-bond donors (Lipinski definition) is 2. The van der Waals surface area contributed by atoms with Gasteiger partial charge in [-0.3, -0.25) is 4.79 Å². The summed E-state index contributed by atoms with van der Waals surface area (Å²) in [6.07, 6.45) is 3.39. The van der Waals surface area contributed by atoms with Crippen LogP contribution in [0.3, 0.4) is 0 Å². The fraction of sp³-hybridized carbons (Fsp3) is 0.875. The molecule has 6 heteroatoms. The van der Waals surface area contributed by atoms with Gasteiger partial charge in [0.2, 0.25) is 0 Å². The van der Waals surface area contributed by atoms with Crippen molar-refractivity contribution in [3.63, 3.8) is 0 Å². The molecule has 126 valence electrons. The lowest BCUT2D eigenvalue weighted by Crippen LogP contribution is -2.47. The van der Waals surface area contributed by atoms with Crippen molar-refractivity contribution in [1.29, 1.82) is 0 Å². The zero-order valence-corrected chi connectivity index (χ0v) is 13.6. The predicted octanol–water partition coefficient (Wildman–Crippen LogP) is 1.94. The number of carbonyl (C=O) groups is 2. The van der Waals surface area contributed by atoms with E-state index in [0.717, 1.165) is 19.4 Å². The van der Waals surface area contributed by atoms with Crippen molar-refractivity contribution < 1.29 is 19.4 Å². The van der Waals surface area contributed by atoms with Crippen LogP contribution in [0.5, 0.6) is 0 Å². The van der Waals surface area contributed by atoms with E-state index in [-0.39, 0.29) is 11.9 Å². The lowest BCUT2D eigenvalue weighted by molar-refractivity contribution is -0.143. The Morgan fingerprint density at radius 3 is 2.55 bits per heavy atom. The summed E-state index contributed by atoms with van der Waals surface area (Å²) in [6, 6.07) is -0.0589. The topological polar surface area (TPSA) is 78.9 Å². The molecule has 6 nitrogen and oxygen atoms in total. The fourth-order valence-corrected chi connectivity index (χ4v) is 3.22. The van der Waals surface area contributed by atoms with Crippen LogP contribution in [-0.4, -0.2) is 54.4 Å². The molecule has 0 spiro atoms. The number of carbonyl (C=O) groups excluding carboxylic acids is 1. The number of ether oxygens (including phenoxy) is 1. The molecular weight excluding hydrogens is 284 g/mol. The van der Waals surface area contributed by atoms with Crippen molar-refractivity contribution in [2.24, 2.45) is 17.8 Å². The average molecular weight is 312 g/mol. The van der Waals surface area contributed by atoms with E-state index in [4.69, 9.17) is 9.84 Å². The highest BCUT2D eigenvalue weighted by molar-refractivity contribution is 5.75. The molecule has 0 aromatic rings. The van der Waals surface area contributed by atoms with E-state index in [1.807, 2.05) is 0 Å². The molecule has 2 amide bonds. The molecule has 0 saturated carbocycles. The zero-order valence-electron chi connectivity index (χ0n) is 13.6. The van der Waals surface area contributed by atoms with E-state index in [1.54, 1.807) is 4.90 Å². The molecule has 2 aliphatic heterocycles. The number of nitrogens with one attached hydrogen (secondary N) is 1. The largest absolute Gasteiger partial charge is 0.481 e. The number of carboxylic acids is 1. The summed E-state index contributed by atoms with van der Waals surface area (Å²) in [5.74, 6) is -0.0662. The van der Waals surface area contributed by atoms with E-state index in [1.165, 1.54) is 0 Å². The molecule has 0 aliphatic carbocycles. The smallest absolute Gasteiger partial charge is 0.317 e. The molecule has 0 aromatic carbocycles. The Bertz CT molecular complexity index is 392. The minimum atomic E-state index is -0.748. The molecule has 2 unspecified atom stereocenters. The SMILES string of the molecule is CC(C)C1CC(CNC(=O)N2CCC(C(=O)O)CC2)CCO1. The molecule has 2 atom stereocenters. The van der Waals surface area contributed by atoms with Gasteiger partial charge in [0, 0.05) is 26.2 Å². The highest BCUT2D eigenvalue weighted by atomic mass is 16.5. The standard InChI is InChI=1S/C16H28N2O4/c1-11(2)14-9-12(5-8-22-14)10-17-16(21)18-6-3-13(4-7-18)15(19)20/h11-14H,3-10H2,1-2H3,(H,17,21)(H,19,20). The molecular formula is C16H28N2O4. The Labute approximate surface area is 132 Å². The number of urea groups is 1. The molecule has 2 heterocycles. The summed E-state index contributed by atoms with van der Waals surface area (Å²) in [4.78, 5) is 24.8. The van der Waals surface area contributed by atoms with Crippen molar-refractivity contribution in [2.75, 3.05) is 26.2 Å². The number of nitrogens with zero attached hydrogens (tertiary/aromatic N) is 1. The van der Waals surface area contributed by atoms with Gasteiger partial charge in [-0.25, -0.2) is 4.79 Å². The van der Waals surface area contributed by atoms with Crippen LogP contribution in [0.1, 0.15) is 39.5 Å². The van der Waals surface area contributed by atoms with Crippen LogP contribution in [0.2, 0.25) is 0 Å². The number of carboxylic acid groups (broad SMARTS) is 1. The summed E-state index contributed by atoms with van der Waals surface area (Å²) in [6.45, 7) is 6.85. The van der Waals surface area contributed by atoms with Crippen LogP contribution in [0.15, 0.2) is 0 Å². The van der Waals surface area contributed by atoms with Crippen molar-refractivity contribution in [1.82, 2.24) is 10.2 Å². The van der Waals surface area contributed by atoms with E-state index >= 15 is 0 Å². The van der Waals surface area contributed by atoms with Gasteiger partial charge in [-0.15, -0.1) is 0 Å². The predicted molar refractivity (Wildman–Crippen MR) is 82.6 cm³/mol. The monoisotopic (exact) mass is 312 g/mol. The fourth-order valence-electron chi connectivity index (χ4n) is 3.22. The van der Waals surface area contributed by atoms with Crippen LogP contribution >= 0.6 is 0 Å². The minimum absolute atomic E-state index is 0.0589. The minimum Gasteiger partial charge on any atom is -0.481 e. The van der Waals surface area contributed by atoms with Gasteiger partial charge in [0.25, 0.3) is 0 Å². The quantitative estimate of drug-likeness (QED) is 0.831.